The zero-order chi connectivity index (χ0) is 20.8. The molecule has 0 nitrogen and oxygen atoms in total. The second kappa shape index (κ2) is 6.11. The molecule has 2 aliphatic heterocycles. The highest BCUT2D eigenvalue weighted by atomic mass is 14.3. The molecule has 3 aromatic rings. The molecule has 0 bridgehead atoms. The van der Waals surface area contributed by atoms with Crippen LogP contribution in [-0.4, -0.2) is 6.71 Å². The lowest BCUT2D eigenvalue weighted by Crippen LogP contribution is -2.63. The fraction of sp³-hybridized carbons (Fsp3) is 0.357. The highest BCUT2D eigenvalue weighted by molar-refractivity contribution is 6.98. The van der Waals surface area contributed by atoms with E-state index >= 15 is 0 Å². The van der Waals surface area contributed by atoms with E-state index in [9.17, 15) is 0 Å². The molecule has 0 amide bonds. The van der Waals surface area contributed by atoms with Crippen molar-refractivity contribution in [1.82, 2.24) is 0 Å². The highest BCUT2D eigenvalue weighted by Gasteiger charge is 2.41. The Morgan fingerprint density at radius 1 is 0.448 bits per heavy atom. The second-order valence-corrected chi connectivity index (χ2v) is 9.72. The van der Waals surface area contributed by atoms with E-state index in [1.807, 2.05) is 0 Å². The summed E-state index contributed by atoms with van der Waals surface area (Å²) in [5, 5.41) is 0. The monoisotopic (exact) mass is 378 g/mol. The van der Waals surface area contributed by atoms with E-state index in [0.29, 0.717) is 6.71 Å². The van der Waals surface area contributed by atoms with Crippen molar-refractivity contribution in [2.24, 2.45) is 0 Å². The Morgan fingerprint density at radius 2 is 0.759 bits per heavy atom. The molecule has 0 spiro atoms. The maximum absolute atomic E-state index is 2.44. The van der Waals surface area contributed by atoms with E-state index in [0.717, 1.165) is 12.8 Å². The average Bonchev–Trinajstić information content (AvgIpc) is 2.67. The predicted molar refractivity (Wildman–Crippen MR) is 127 cm³/mol. The van der Waals surface area contributed by atoms with Crippen LogP contribution >= 0.6 is 0 Å². The topological polar surface area (TPSA) is 0 Å². The minimum Gasteiger partial charge on any atom is -0.0618 e. The minimum absolute atomic E-state index is 0.392. The van der Waals surface area contributed by atoms with Gasteiger partial charge in [-0.25, -0.2) is 0 Å². The lowest BCUT2D eigenvalue weighted by Gasteiger charge is -2.39. The molecule has 0 aromatic heterocycles. The summed E-state index contributed by atoms with van der Waals surface area (Å²) in [6.45, 7) is 19.0. The average molecular weight is 378 g/mol. The Bertz CT molecular complexity index is 1100. The predicted octanol–water partition coefficient (Wildman–Crippen LogP) is 4.48. The van der Waals surface area contributed by atoms with Crippen LogP contribution in [0.25, 0.3) is 0 Å². The van der Waals surface area contributed by atoms with E-state index in [4.69, 9.17) is 0 Å². The van der Waals surface area contributed by atoms with Crippen molar-refractivity contribution in [3.63, 3.8) is 0 Å². The van der Waals surface area contributed by atoms with Crippen molar-refractivity contribution < 1.29 is 0 Å². The van der Waals surface area contributed by atoms with Crippen LogP contribution in [0.15, 0.2) is 18.2 Å². The van der Waals surface area contributed by atoms with E-state index < -0.39 is 0 Å². The fourth-order valence-corrected chi connectivity index (χ4v) is 6.30. The normalized spacial score (nSPS) is 13.9. The molecule has 0 atom stereocenters. The van der Waals surface area contributed by atoms with E-state index in [1.165, 1.54) is 44.5 Å². The summed E-state index contributed by atoms with van der Waals surface area (Å²) in [4.78, 5) is 0. The molecule has 0 saturated heterocycles. The third-order valence-corrected chi connectivity index (χ3v) is 8.07. The molecule has 29 heavy (non-hydrogen) atoms. The molecule has 5 rings (SSSR count). The van der Waals surface area contributed by atoms with Gasteiger partial charge in [-0.15, -0.1) is 0 Å². The summed E-state index contributed by atoms with van der Waals surface area (Å²) < 4.78 is 0. The smallest absolute Gasteiger partial charge is 0.0618 e. The van der Waals surface area contributed by atoms with Gasteiger partial charge in [-0.1, -0.05) is 45.7 Å². The van der Waals surface area contributed by atoms with E-state index in [1.54, 1.807) is 38.6 Å². The van der Waals surface area contributed by atoms with Gasteiger partial charge >= 0.3 is 0 Å². The van der Waals surface area contributed by atoms with Crippen molar-refractivity contribution in [2.45, 2.75) is 68.2 Å². The van der Waals surface area contributed by atoms with Crippen molar-refractivity contribution >= 4 is 23.1 Å². The molecule has 2 heterocycles. The molecule has 2 aliphatic rings. The maximum atomic E-state index is 2.44. The zero-order valence-electron chi connectivity index (χ0n) is 19.2. The Morgan fingerprint density at radius 3 is 1.14 bits per heavy atom. The van der Waals surface area contributed by atoms with Crippen LogP contribution in [0.3, 0.4) is 0 Å². The lowest BCUT2D eigenvalue weighted by atomic mass is 9.28. The van der Waals surface area contributed by atoms with Gasteiger partial charge in [0.05, 0.1) is 0 Å². The minimum atomic E-state index is 0.392. The first-order valence-electron chi connectivity index (χ1n) is 11.0. The van der Waals surface area contributed by atoms with Crippen molar-refractivity contribution in [3.05, 3.63) is 85.0 Å². The van der Waals surface area contributed by atoms with Crippen LogP contribution in [0.4, 0.5) is 0 Å². The van der Waals surface area contributed by atoms with Crippen molar-refractivity contribution in [2.75, 3.05) is 0 Å². The molecular formula is C28H31B. The number of benzene rings is 3. The van der Waals surface area contributed by atoms with Crippen LogP contribution in [0.2, 0.25) is 0 Å². The molecule has 0 unspecified atom stereocenters. The summed E-state index contributed by atoms with van der Waals surface area (Å²) >= 11 is 0. The summed E-state index contributed by atoms with van der Waals surface area (Å²) in [6, 6.07) is 7.25. The first-order chi connectivity index (χ1) is 13.7. The molecule has 0 fully saturated rings. The van der Waals surface area contributed by atoms with Crippen LogP contribution in [-0.2, 0) is 12.8 Å². The van der Waals surface area contributed by atoms with Gasteiger partial charge in [0.25, 0.3) is 0 Å². The number of hydrogen-bond acceptors (Lipinski definition) is 0. The Labute approximate surface area is 176 Å². The molecule has 0 radical (unpaired) electrons. The SMILES string of the molecule is Cc1cc(C)c2c(c1C)B1c3c(C)c(C)cc(C)c3Cc3c(C)cc(C)c(c31)C2. The third kappa shape index (κ3) is 2.40. The van der Waals surface area contributed by atoms with Crippen molar-refractivity contribution in [3.8, 4) is 0 Å². The second-order valence-electron chi connectivity index (χ2n) is 9.72. The van der Waals surface area contributed by atoms with Gasteiger partial charge in [0.15, 0.2) is 0 Å². The van der Waals surface area contributed by atoms with E-state index in [-0.39, 0.29) is 0 Å². The van der Waals surface area contributed by atoms with Crippen molar-refractivity contribution in [1.29, 1.82) is 0 Å². The molecule has 0 saturated carbocycles. The summed E-state index contributed by atoms with van der Waals surface area (Å²) in [6.07, 6.45) is 2.18. The largest absolute Gasteiger partial charge is 0.243 e. The zero-order valence-corrected chi connectivity index (χ0v) is 19.2. The first kappa shape index (κ1) is 18.7. The molecule has 3 aromatic carbocycles. The van der Waals surface area contributed by atoms with Gasteiger partial charge in [-0.2, -0.15) is 0 Å². The number of hydrogen-bond donors (Lipinski definition) is 0. The highest BCUT2D eigenvalue weighted by Crippen LogP contribution is 2.31. The number of rotatable bonds is 0. The fourth-order valence-electron chi connectivity index (χ4n) is 6.30. The quantitative estimate of drug-likeness (QED) is 0.349. The van der Waals surface area contributed by atoms with Crippen LogP contribution in [0.5, 0.6) is 0 Å². The van der Waals surface area contributed by atoms with Gasteiger partial charge in [0.1, 0.15) is 0 Å². The third-order valence-electron chi connectivity index (χ3n) is 8.07. The molecule has 0 N–H and O–H groups in total. The standard InChI is InChI=1S/C28H31B/c1-14-9-16(3)22-12-24-18(5)11-19(6)25-13-23-17(4)10-15(2)21(8)27(23)29(28(24)25)26(22)20(14)7/h9-11H,12-13H2,1-8H3. The van der Waals surface area contributed by atoms with Gasteiger partial charge in [0, 0.05) is 0 Å². The van der Waals surface area contributed by atoms with Gasteiger partial charge < -0.3 is 0 Å². The summed E-state index contributed by atoms with van der Waals surface area (Å²) in [5.74, 6) is 0. The van der Waals surface area contributed by atoms with Crippen LogP contribution in [0.1, 0.15) is 66.8 Å². The number of aryl methyl sites for hydroxylation is 6. The Kier molecular flexibility index (Phi) is 3.95. The van der Waals surface area contributed by atoms with E-state index in [2.05, 4.69) is 73.6 Å². The van der Waals surface area contributed by atoms with Crippen LogP contribution in [0, 0.1) is 55.4 Å². The number of fused-ring (bicyclic) bond motifs is 4. The van der Waals surface area contributed by atoms with Gasteiger partial charge in [-0.05, 0) is 124 Å². The Hall–Kier alpha value is -2.28. The molecular weight excluding hydrogens is 347 g/mol. The first-order valence-corrected chi connectivity index (χ1v) is 11.0. The molecule has 146 valence electrons. The van der Waals surface area contributed by atoms with Crippen LogP contribution < -0.4 is 16.4 Å². The van der Waals surface area contributed by atoms with Gasteiger partial charge in [0.2, 0.25) is 6.71 Å². The van der Waals surface area contributed by atoms with Gasteiger partial charge in [-0.3, -0.25) is 0 Å². The lowest BCUT2D eigenvalue weighted by molar-refractivity contribution is 1.07. The maximum Gasteiger partial charge on any atom is 0.243 e. The Balaban J connectivity index is 1.99. The molecule has 1 heteroatoms. The summed E-state index contributed by atoms with van der Waals surface area (Å²) in [7, 11) is 0. The molecule has 0 aliphatic carbocycles. The summed E-state index contributed by atoms with van der Waals surface area (Å²) in [5.41, 5.74) is 22.9.